The fraction of sp³-hybridized carbons (Fsp3) is 0.286. The molecule has 0 fully saturated rings. The first-order chi connectivity index (χ1) is 9.56. The van der Waals surface area contributed by atoms with E-state index < -0.39 is 0 Å². The Kier molecular flexibility index (Phi) is 5.22. The summed E-state index contributed by atoms with van der Waals surface area (Å²) in [7, 11) is 1.81. The lowest BCUT2D eigenvalue weighted by atomic mass is 10.0. The molecule has 1 heterocycles. The van der Waals surface area contributed by atoms with Crippen LogP contribution in [-0.4, -0.2) is 13.7 Å². The quantitative estimate of drug-likeness (QED) is 0.840. The van der Waals surface area contributed by atoms with E-state index in [4.69, 9.17) is 44.0 Å². The van der Waals surface area contributed by atoms with Crippen LogP contribution in [0.3, 0.4) is 0 Å². The van der Waals surface area contributed by atoms with Crippen molar-refractivity contribution >= 4 is 34.8 Å². The molecular formula is C14H14Cl3NO2. The van der Waals surface area contributed by atoms with E-state index in [9.17, 15) is 0 Å². The lowest BCUT2D eigenvalue weighted by Crippen LogP contribution is -2.17. The Morgan fingerprint density at radius 3 is 2.50 bits per heavy atom. The Hall–Kier alpha value is -0.870. The molecule has 2 rings (SSSR count). The number of furan rings is 1. The van der Waals surface area contributed by atoms with Crippen LogP contribution in [0.5, 0.6) is 5.75 Å². The van der Waals surface area contributed by atoms with Crippen molar-refractivity contribution in [1.29, 1.82) is 0 Å². The number of halogens is 3. The summed E-state index contributed by atoms with van der Waals surface area (Å²) in [5.74, 6) is 1.23. The van der Waals surface area contributed by atoms with Crippen molar-refractivity contribution in [3.8, 4) is 5.75 Å². The van der Waals surface area contributed by atoms with E-state index >= 15 is 0 Å². The smallest absolute Gasteiger partial charge is 0.193 e. The third-order valence-electron chi connectivity index (χ3n) is 2.83. The van der Waals surface area contributed by atoms with Gasteiger partial charge >= 0.3 is 0 Å². The van der Waals surface area contributed by atoms with Gasteiger partial charge in [-0.2, -0.15) is 0 Å². The van der Waals surface area contributed by atoms with Gasteiger partial charge in [0.1, 0.15) is 11.5 Å². The Bertz CT molecular complexity index is 598. The van der Waals surface area contributed by atoms with E-state index in [-0.39, 0.29) is 6.04 Å². The number of ether oxygens (including phenoxy) is 1. The molecule has 0 spiro atoms. The Balaban J connectivity index is 2.42. The van der Waals surface area contributed by atoms with E-state index in [0.717, 1.165) is 5.56 Å². The largest absolute Gasteiger partial charge is 0.492 e. The van der Waals surface area contributed by atoms with Crippen molar-refractivity contribution in [1.82, 2.24) is 5.32 Å². The number of hydrogen-bond donors (Lipinski definition) is 1. The van der Waals surface area contributed by atoms with Crippen molar-refractivity contribution < 1.29 is 9.15 Å². The van der Waals surface area contributed by atoms with Gasteiger partial charge < -0.3 is 14.5 Å². The number of nitrogens with one attached hydrogen (secondary N) is 1. The summed E-state index contributed by atoms with van der Waals surface area (Å²) in [5, 5.41) is 4.51. The molecule has 0 aliphatic carbocycles. The first-order valence-corrected chi connectivity index (χ1v) is 7.24. The van der Waals surface area contributed by atoms with Crippen LogP contribution in [-0.2, 0) is 0 Å². The summed E-state index contributed by atoms with van der Waals surface area (Å²) in [4.78, 5) is 0. The number of rotatable bonds is 5. The van der Waals surface area contributed by atoms with Gasteiger partial charge in [-0.3, -0.25) is 0 Å². The van der Waals surface area contributed by atoms with Crippen LogP contribution >= 0.6 is 34.8 Å². The zero-order valence-electron chi connectivity index (χ0n) is 11.0. The highest BCUT2D eigenvalue weighted by Crippen LogP contribution is 2.37. The molecule has 3 nitrogen and oxygen atoms in total. The molecule has 0 saturated heterocycles. The molecule has 108 valence electrons. The molecule has 1 unspecified atom stereocenters. The molecule has 1 atom stereocenters. The first kappa shape index (κ1) is 15.5. The van der Waals surface area contributed by atoms with Gasteiger partial charge in [-0.05, 0) is 49.3 Å². The summed E-state index contributed by atoms with van der Waals surface area (Å²) < 4.78 is 10.8. The third-order valence-corrected chi connectivity index (χ3v) is 3.66. The van der Waals surface area contributed by atoms with Gasteiger partial charge in [0.25, 0.3) is 0 Å². The average molecular weight is 335 g/mol. The fourth-order valence-electron chi connectivity index (χ4n) is 1.97. The zero-order valence-corrected chi connectivity index (χ0v) is 13.3. The maximum Gasteiger partial charge on any atom is 0.193 e. The van der Waals surface area contributed by atoms with Gasteiger partial charge in [0, 0.05) is 11.1 Å². The van der Waals surface area contributed by atoms with Crippen molar-refractivity contribution in [3.05, 3.63) is 50.9 Å². The Morgan fingerprint density at radius 2 is 1.95 bits per heavy atom. The van der Waals surface area contributed by atoms with Crippen molar-refractivity contribution in [3.63, 3.8) is 0 Å². The van der Waals surface area contributed by atoms with Crippen LogP contribution in [0.15, 0.2) is 28.7 Å². The average Bonchev–Trinajstić information content (AvgIpc) is 2.83. The molecule has 1 aromatic carbocycles. The molecule has 0 aliphatic rings. The topological polar surface area (TPSA) is 34.4 Å². The highest BCUT2D eigenvalue weighted by Gasteiger charge is 2.20. The van der Waals surface area contributed by atoms with Crippen molar-refractivity contribution in [2.24, 2.45) is 0 Å². The van der Waals surface area contributed by atoms with Crippen LogP contribution < -0.4 is 10.1 Å². The minimum absolute atomic E-state index is 0.233. The minimum atomic E-state index is -0.233. The lowest BCUT2D eigenvalue weighted by molar-refractivity contribution is 0.340. The first-order valence-electron chi connectivity index (χ1n) is 6.11. The van der Waals surface area contributed by atoms with Crippen molar-refractivity contribution in [2.75, 3.05) is 13.7 Å². The van der Waals surface area contributed by atoms with Crippen LogP contribution in [0.2, 0.25) is 15.3 Å². The maximum atomic E-state index is 6.31. The number of hydrogen-bond acceptors (Lipinski definition) is 3. The SMILES string of the molecule is CCOc1cc(Cl)c(C(NC)c2ccc(Cl)o2)cc1Cl. The lowest BCUT2D eigenvalue weighted by Gasteiger charge is -2.17. The molecule has 6 heteroatoms. The molecule has 0 amide bonds. The molecule has 0 aliphatic heterocycles. The maximum absolute atomic E-state index is 6.31. The van der Waals surface area contributed by atoms with Gasteiger partial charge in [-0.15, -0.1) is 0 Å². The summed E-state index contributed by atoms with van der Waals surface area (Å²) in [6.07, 6.45) is 0. The Morgan fingerprint density at radius 1 is 1.20 bits per heavy atom. The minimum Gasteiger partial charge on any atom is -0.492 e. The fourth-order valence-corrected chi connectivity index (χ4v) is 2.61. The summed E-state index contributed by atoms with van der Waals surface area (Å²) >= 11 is 18.3. The highest BCUT2D eigenvalue weighted by molar-refractivity contribution is 6.34. The molecular weight excluding hydrogens is 321 g/mol. The molecule has 1 aromatic heterocycles. The predicted molar refractivity (Wildman–Crippen MR) is 82.3 cm³/mol. The summed E-state index contributed by atoms with van der Waals surface area (Å²) in [6, 6.07) is 6.72. The van der Waals surface area contributed by atoms with E-state index in [1.165, 1.54) is 0 Å². The van der Waals surface area contributed by atoms with Gasteiger partial charge in [0.2, 0.25) is 0 Å². The predicted octanol–water partition coefficient (Wildman–Crippen LogP) is 4.95. The van der Waals surface area contributed by atoms with Crippen LogP contribution in [0.1, 0.15) is 24.3 Å². The van der Waals surface area contributed by atoms with Gasteiger partial charge in [-0.25, -0.2) is 0 Å². The second-order valence-corrected chi connectivity index (χ2v) is 5.29. The van der Waals surface area contributed by atoms with E-state index in [2.05, 4.69) is 5.32 Å². The van der Waals surface area contributed by atoms with Crippen LogP contribution in [0.4, 0.5) is 0 Å². The van der Waals surface area contributed by atoms with Crippen LogP contribution in [0, 0.1) is 0 Å². The summed E-state index contributed by atoms with van der Waals surface area (Å²) in [6.45, 7) is 2.41. The highest BCUT2D eigenvalue weighted by atomic mass is 35.5. The summed E-state index contributed by atoms with van der Waals surface area (Å²) in [5.41, 5.74) is 0.800. The van der Waals surface area contributed by atoms with E-state index in [1.807, 2.05) is 14.0 Å². The van der Waals surface area contributed by atoms with Crippen molar-refractivity contribution in [2.45, 2.75) is 13.0 Å². The second kappa shape index (κ2) is 6.72. The monoisotopic (exact) mass is 333 g/mol. The normalized spacial score (nSPS) is 12.4. The van der Waals surface area contributed by atoms with E-state index in [1.54, 1.807) is 24.3 Å². The number of benzene rings is 1. The van der Waals surface area contributed by atoms with Crippen LogP contribution in [0.25, 0.3) is 0 Å². The molecule has 0 bridgehead atoms. The molecule has 20 heavy (non-hydrogen) atoms. The van der Waals surface area contributed by atoms with Gasteiger partial charge in [0.15, 0.2) is 5.22 Å². The zero-order chi connectivity index (χ0) is 14.7. The van der Waals surface area contributed by atoms with Gasteiger partial charge in [-0.1, -0.05) is 23.2 Å². The Labute approximate surface area is 132 Å². The molecule has 0 radical (unpaired) electrons. The van der Waals surface area contributed by atoms with Gasteiger partial charge in [0.05, 0.1) is 17.7 Å². The second-order valence-electron chi connectivity index (χ2n) is 4.10. The molecule has 2 aromatic rings. The third kappa shape index (κ3) is 3.23. The van der Waals surface area contributed by atoms with E-state index in [0.29, 0.717) is 33.4 Å². The standard InChI is InChI=1S/C14H14Cl3NO2/c1-3-19-12-7-9(15)8(6-10(12)16)14(18-2)11-4-5-13(17)20-11/h4-7,14,18H,3H2,1-2H3. The molecule has 0 saturated carbocycles. The molecule has 1 N–H and O–H groups in total.